The van der Waals surface area contributed by atoms with E-state index < -0.39 is 6.10 Å². The van der Waals surface area contributed by atoms with E-state index in [0.29, 0.717) is 12.0 Å². The van der Waals surface area contributed by atoms with Crippen LogP contribution in [0, 0.1) is 19.7 Å². The summed E-state index contributed by atoms with van der Waals surface area (Å²) in [6.45, 7) is 4.17. The number of likely N-dealkylation sites (tertiary alicyclic amines) is 1. The Morgan fingerprint density at radius 2 is 2.12 bits per heavy atom. The number of aromatic nitrogens is 2. The zero-order chi connectivity index (χ0) is 19.0. The topological polar surface area (TPSA) is 70.4 Å². The number of carbonyl (C=O) groups is 1. The average Bonchev–Trinajstić information content (AvgIpc) is 3.01. The summed E-state index contributed by atoms with van der Waals surface area (Å²) in [4.78, 5) is 14.0. The molecule has 0 radical (unpaired) electrons. The number of amides is 1. The van der Waals surface area contributed by atoms with Crippen molar-refractivity contribution in [3.05, 3.63) is 52.6 Å². The van der Waals surface area contributed by atoms with Gasteiger partial charge in [0.05, 0.1) is 17.8 Å². The number of aliphatic hydroxyl groups excluding tert-OH is 1. The summed E-state index contributed by atoms with van der Waals surface area (Å²) in [5.74, 6) is -0.327. The fourth-order valence-electron chi connectivity index (χ4n) is 3.76. The van der Waals surface area contributed by atoms with E-state index in [1.165, 1.54) is 12.1 Å². The van der Waals surface area contributed by atoms with Gasteiger partial charge in [-0.05, 0) is 31.5 Å². The Hall–Kier alpha value is -2.25. The van der Waals surface area contributed by atoms with Crippen molar-refractivity contribution in [1.29, 1.82) is 0 Å². The van der Waals surface area contributed by atoms with Crippen molar-refractivity contribution in [2.45, 2.75) is 38.5 Å². The molecule has 0 aliphatic carbocycles. The summed E-state index contributed by atoms with van der Waals surface area (Å²) in [7, 11) is 3.68. The Labute approximate surface area is 152 Å². The van der Waals surface area contributed by atoms with Crippen LogP contribution >= 0.6 is 0 Å². The summed E-state index contributed by atoms with van der Waals surface area (Å²) in [5, 5.41) is 18.1. The first-order chi connectivity index (χ1) is 12.3. The molecule has 1 saturated heterocycles. The molecule has 1 fully saturated rings. The fraction of sp³-hybridized carbons (Fsp3) is 0.474. The van der Waals surface area contributed by atoms with Gasteiger partial charge in [-0.2, -0.15) is 5.10 Å². The molecule has 1 aromatic carbocycles. The van der Waals surface area contributed by atoms with E-state index in [1.807, 2.05) is 25.6 Å². The molecule has 1 unspecified atom stereocenters. The van der Waals surface area contributed by atoms with Crippen molar-refractivity contribution in [2.75, 3.05) is 13.6 Å². The van der Waals surface area contributed by atoms with Crippen LogP contribution in [0.2, 0.25) is 0 Å². The molecule has 0 spiro atoms. The van der Waals surface area contributed by atoms with E-state index >= 15 is 0 Å². The molecule has 2 heterocycles. The van der Waals surface area contributed by atoms with Crippen molar-refractivity contribution in [3.63, 3.8) is 0 Å². The zero-order valence-corrected chi connectivity index (χ0v) is 15.5. The second kappa shape index (κ2) is 7.17. The number of nitrogens with zero attached hydrogens (tertiary/aromatic N) is 3. The molecular weight excluding hydrogens is 335 g/mol. The summed E-state index contributed by atoms with van der Waals surface area (Å²) >= 11 is 0. The third kappa shape index (κ3) is 3.37. The minimum absolute atomic E-state index is 0.0513. The van der Waals surface area contributed by atoms with Gasteiger partial charge in [-0.1, -0.05) is 12.1 Å². The number of rotatable bonds is 5. The molecule has 1 aliphatic rings. The van der Waals surface area contributed by atoms with Crippen molar-refractivity contribution in [3.8, 4) is 0 Å². The average molecular weight is 360 g/mol. The minimum Gasteiger partial charge on any atom is -0.387 e. The number of aliphatic hydroxyl groups is 1. The normalized spacial score (nSPS) is 21.5. The number of carbonyl (C=O) groups excluding carboxylic acids is 1. The lowest BCUT2D eigenvalue weighted by molar-refractivity contribution is -0.127. The zero-order valence-electron chi connectivity index (χ0n) is 15.5. The third-order valence-corrected chi connectivity index (χ3v) is 5.25. The van der Waals surface area contributed by atoms with Crippen LogP contribution < -0.4 is 5.32 Å². The number of halogens is 1. The van der Waals surface area contributed by atoms with Crippen LogP contribution in [-0.2, 0) is 11.8 Å². The van der Waals surface area contributed by atoms with Crippen LogP contribution in [-0.4, -0.2) is 45.3 Å². The molecule has 0 saturated carbocycles. The SMILES string of the molecule is Cc1nn(C)c(C)c1[C@H]1[C@H](NCC(O)c2cccc(F)c2)CC(=O)N1C. The van der Waals surface area contributed by atoms with Gasteiger partial charge in [0, 0.05) is 44.4 Å². The maximum atomic E-state index is 13.4. The number of hydrogen-bond acceptors (Lipinski definition) is 4. The molecule has 1 aromatic heterocycles. The van der Waals surface area contributed by atoms with Gasteiger partial charge < -0.3 is 15.3 Å². The summed E-state index contributed by atoms with van der Waals surface area (Å²) < 4.78 is 15.2. The molecular formula is C19H25FN4O2. The van der Waals surface area contributed by atoms with Crippen LogP contribution in [0.3, 0.4) is 0 Å². The number of aryl methyl sites for hydroxylation is 2. The molecule has 2 N–H and O–H groups in total. The number of benzene rings is 1. The molecule has 26 heavy (non-hydrogen) atoms. The fourth-order valence-corrected chi connectivity index (χ4v) is 3.76. The molecule has 2 aromatic rings. The van der Waals surface area contributed by atoms with E-state index in [1.54, 1.807) is 24.1 Å². The van der Waals surface area contributed by atoms with Crippen LogP contribution in [0.15, 0.2) is 24.3 Å². The van der Waals surface area contributed by atoms with Gasteiger partial charge in [-0.3, -0.25) is 9.48 Å². The van der Waals surface area contributed by atoms with Gasteiger partial charge >= 0.3 is 0 Å². The van der Waals surface area contributed by atoms with Crippen LogP contribution in [0.1, 0.15) is 41.1 Å². The van der Waals surface area contributed by atoms with E-state index in [2.05, 4.69) is 10.4 Å². The Kier molecular flexibility index (Phi) is 5.11. The minimum atomic E-state index is -0.844. The highest BCUT2D eigenvalue weighted by molar-refractivity contribution is 5.80. The monoisotopic (exact) mass is 360 g/mol. The second-order valence-electron chi connectivity index (χ2n) is 6.95. The molecule has 1 amide bonds. The molecule has 7 heteroatoms. The predicted molar refractivity (Wildman–Crippen MR) is 96.0 cm³/mol. The summed E-state index contributed by atoms with van der Waals surface area (Å²) in [6, 6.07) is 5.65. The third-order valence-electron chi connectivity index (χ3n) is 5.25. The molecule has 0 bridgehead atoms. The number of likely N-dealkylation sites (N-methyl/N-ethyl adjacent to an activating group) is 1. The Morgan fingerprint density at radius 1 is 1.38 bits per heavy atom. The van der Waals surface area contributed by atoms with Gasteiger partial charge in [0.25, 0.3) is 0 Å². The Bertz CT molecular complexity index is 820. The first kappa shape index (κ1) is 18.5. The molecule has 3 rings (SSSR count). The number of hydrogen-bond donors (Lipinski definition) is 2. The number of nitrogens with one attached hydrogen (secondary N) is 1. The summed E-state index contributed by atoms with van der Waals surface area (Å²) in [5.41, 5.74) is 3.47. The maximum absolute atomic E-state index is 13.4. The standard InChI is InChI=1S/C19H25FN4O2/c1-11-18(12(2)24(4)22-11)19-15(9-17(26)23(19)3)21-10-16(25)13-6-5-7-14(20)8-13/h5-8,15-16,19,21,25H,9-10H2,1-4H3/t15-,16?,19-/m1/s1. The molecule has 140 valence electrons. The van der Waals surface area contributed by atoms with Gasteiger partial charge in [0.1, 0.15) is 5.82 Å². The van der Waals surface area contributed by atoms with Crippen molar-refractivity contribution >= 4 is 5.91 Å². The van der Waals surface area contributed by atoms with Gasteiger partial charge in [0.2, 0.25) is 5.91 Å². The van der Waals surface area contributed by atoms with E-state index in [-0.39, 0.29) is 30.4 Å². The van der Waals surface area contributed by atoms with Crippen molar-refractivity contribution < 1.29 is 14.3 Å². The molecule has 1 aliphatic heterocycles. The van der Waals surface area contributed by atoms with Crippen molar-refractivity contribution in [2.24, 2.45) is 7.05 Å². The maximum Gasteiger partial charge on any atom is 0.224 e. The van der Waals surface area contributed by atoms with Gasteiger partial charge in [-0.25, -0.2) is 4.39 Å². The predicted octanol–water partition coefficient (Wildman–Crippen LogP) is 1.77. The largest absolute Gasteiger partial charge is 0.387 e. The van der Waals surface area contributed by atoms with Crippen LogP contribution in [0.25, 0.3) is 0 Å². The highest BCUT2D eigenvalue weighted by Crippen LogP contribution is 2.35. The van der Waals surface area contributed by atoms with Crippen LogP contribution in [0.4, 0.5) is 4.39 Å². The van der Waals surface area contributed by atoms with Crippen molar-refractivity contribution in [1.82, 2.24) is 20.0 Å². The Balaban J connectivity index is 1.78. The lowest BCUT2D eigenvalue weighted by Crippen LogP contribution is -2.38. The lowest BCUT2D eigenvalue weighted by Gasteiger charge is -2.27. The first-order valence-corrected chi connectivity index (χ1v) is 8.72. The molecule has 3 atom stereocenters. The van der Waals surface area contributed by atoms with Crippen LogP contribution in [0.5, 0.6) is 0 Å². The smallest absolute Gasteiger partial charge is 0.224 e. The molecule has 6 nitrogen and oxygen atoms in total. The first-order valence-electron chi connectivity index (χ1n) is 8.72. The van der Waals surface area contributed by atoms with E-state index in [0.717, 1.165) is 17.0 Å². The summed E-state index contributed by atoms with van der Waals surface area (Å²) in [6.07, 6.45) is -0.492. The Morgan fingerprint density at radius 3 is 2.73 bits per heavy atom. The lowest BCUT2D eigenvalue weighted by atomic mass is 9.98. The second-order valence-corrected chi connectivity index (χ2v) is 6.95. The van der Waals surface area contributed by atoms with Gasteiger partial charge in [-0.15, -0.1) is 0 Å². The highest BCUT2D eigenvalue weighted by atomic mass is 19.1. The van der Waals surface area contributed by atoms with E-state index in [9.17, 15) is 14.3 Å². The van der Waals surface area contributed by atoms with E-state index in [4.69, 9.17) is 0 Å². The highest BCUT2D eigenvalue weighted by Gasteiger charge is 2.41. The quantitative estimate of drug-likeness (QED) is 0.853. The van der Waals surface area contributed by atoms with Gasteiger partial charge in [0.15, 0.2) is 0 Å².